The van der Waals surface area contributed by atoms with Crippen molar-refractivity contribution >= 4 is 21.8 Å². The highest BCUT2D eigenvalue weighted by Crippen LogP contribution is 2.17. The van der Waals surface area contributed by atoms with Crippen LogP contribution in [0, 0.1) is 0 Å². The highest BCUT2D eigenvalue weighted by molar-refractivity contribution is 9.10. The molecule has 0 saturated carbocycles. The Morgan fingerprint density at radius 3 is 2.27 bits per heavy atom. The molecule has 1 N–H and O–H groups in total. The van der Waals surface area contributed by atoms with Crippen molar-refractivity contribution in [2.75, 3.05) is 13.7 Å². The molecule has 0 saturated heterocycles. The number of amides is 1. The lowest BCUT2D eigenvalue weighted by Gasteiger charge is -2.15. The molecule has 1 atom stereocenters. The first kappa shape index (κ1) is 16.4. The van der Waals surface area contributed by atoms with Crippen LogP contribution in [0.15, 0.2) is 53.0 Å². The third kappa shape index (κ3) is 4.77. The average molecular weight is 364 g/mol. The Balaban J connectivity index is 1.82. The zero-order valence-corrected chi connectivity index (χ0v) is 14.1. The van der Waals surface area contributed by atoms with Gasteiger partial charge in [0.2, 0.25) is 0 Å². The summed E-state index contributed by atoms with van der Waals surface area (Å²) in [5, 5.41) is 2.90. The lowest BCUT2D eigenvalue weighted by Crippen LogP contribution is -2.36. The summed E-state index contributed by atoms with van der Waals surface area (Å²) in [7, 11) is 1.62. The van der Waals surface area contributed by atoms with Crippen molar-refractivity contribution in [1.29, 1.82) is 0 Å². The van der Waals surface area contributed by atoms with E-state index in [2.05, 4.69) is 21.2 Å². The molecule has 0 aliphatic carbocycles. The third-order valence-electron chi connectivity index (χ3n) is 3.04. The number of hydrogen-bond donors (Lipinski definition) is 1. The van der Waals surface area contributed by atoms with E-state index < -0.39 is 0 Å². The second kappa shape index (κ2) is 7.84. The number of halogens is 1. The SMILES string of the molecule is COc1ccc(OC[C@@H](C)NC(=O)c2ccc(Br)cc2)cc1. The molecule has 0 bridgehead atoms. The molecular formula is C17H18BrNO3. The second-order valence-electron chi connectivity index (χ2n) is 4.87. The van der Waals surface area contributed by atoms with Crippen LogP contribution in [0.3, 0.4) is 0 Å². The predicted octanol–water partition coefficient (Wildman–Crippen LogP) is 3.66. The van der Waals surface area contributed by atoms with Crippen molar-refractivity contribution in [3.63, 3.8) is 0 Å². The summed E-state index contributed by atoms with van der Waals surface area (Å²) in [6.07, 6.45) is 0. The van der Waals surface area contributed by atoms with E-state index >= 15 is 0 Å². The Morgan fingerprint density at radius 2 is 1.68 bits per heavy atom. The number of ether oxygens (including phenoxy) is 2. The van der Waals surface area contributed by atoms with Crippen LogP contribution in [0.4, 0.5) is 0 Å². The fourth-order valence-corrected chi connectivity index (χ4v) is 2.11. The monoisotopic (exact) mass is 363 g/mol. The van der Waals surface area contributed by atoms with E-state index in [9.17, 15) is 4.79 Å². The van der Waals surface area contributed by atoms with Gasteiger partial charge < -0.3 is 14.8 Å². The summed E-state index contributed by atoms with van der Waals surface area (Å²) in [6, 6.07) is 14.5. The lowest BCUT2D eigenvalue weighted by atomic mass is 10.2. The van der Waals surface area contributed by atoms with Gasteiger partial charge in [-0.3, -0.25) is 4.79 Å². The van der Waals surface area contributed by atoms with E-state index in [1.165, 1.54) is 0 Å². The van der Waals surface area contributed by atoms with Gasteiger partial charge in [-0.2, -0.15) is 0 Å². The van der Waals surface area contributed by atoms with Crippen molar-refractivity contribution in [1.82, 2.24) is 5.32 Å². The van der Waals surface area contributed by atoms with Crippen LogP contribution in [0.5, 0.6) is 11.5 Å². The molecule has 2 aromatic carbocycles. The molecular weight excluding hydrogens is 346 g/mol. The summed E-state index contributed by atoms with van der Waals surface area (Å²) in [5.74, 6) is 1.41. The molecule has 116 valence electrons. The van der Waals surface area contributed by atoms with Gasteiger partial charge in [0.1, 0.15) is 18.1 Å². The van der Waals surface area contributed by atoms with Crippen LogP contribution < -0.4 is 14.8 Å². The highest BCUT2D eigenvalue weighted by Gasteiger charge is 2.10. The molecule has 2 rings (SSSR count). The summed E-state index contributed by atoms with van der Waals surface area (Å²) in [5.41, 5.74) is 0.625. The van der Waals surface area contributed by atoms with Gasteiger partial charge in [-0.15, -0.1) is 0 Å². The van der Waals surface area contributed by atoms with Crippen LogP contribution in [0.2, 0.25) is 0 Å². The normalized spacial score (nSPS) is 11.6. The maximum Gasteiger partial charge on any atom is 0.251 e. The zero-order chi connectivity index (χ0) is 15.9. The quantitative estimate of drug-likeness (QED) is 0.851. The Bertz CT molecular complexity index is 611. The number of benzene rings is 2. The van der Waals surface area contributed by atoms with E-state index in [4.69, 9.17) is 9.47 Å². The molecule has 0 unspecified atom stereocenters. The molecule has 2 aromatic rings. The molecule has 0 spiro atoms. The van der Waals surface area contributed by atoms with E-state index in [1.807, 2.05) is 43.3 Å². The third-order valence-corrected chi connectivity index (χ3v) is 3.57. The smallest absolute Gasteiger partial charge is 0.251 e. The number of methoxy groups -OCH3 is 1. The molecule has 0 aromatic heterocycles. The van der Waals surface area contributed by atoms with Crippen molar-refractivity contribution in [2.45, 2.75) is 13.0 Å². The highest BCUT2D eigenvalue weighted by atomic mass is 79.9. The summed E-state index contributed by atoms with van der Waals surface area (Å²) in [6.45, 7) is 2.30. The van der Waals surface area contributed by atoms with Crippen molar-refractivity contribution in [3.05, 3.63) is 58.6 Å². The van der Waals surface area contributed by atoms with E-state index in [0.717, 1.165) is 16.0 Å². The molecule has 4 nitrogen and oxygen atoms in total. The van der Waals surface area contributed by atoms with Gasteiger partial charge in [0, 0.05) is 10.0 Å². The number of carbonyl (C=O) groups excluding carboxylic acids is 1. The standard InChI is InChI=1S/C17H18BrNO3/c1-12(11-22-16-9-7-15(21-2)8-10-16)19-17(20)13-3-5-14(18)6-4-13/h3-10,12H,11H2,1-2H3,(H,19,20)/t12-/m1/s1. The first-order valence-corrected chi connectivity index (χ1v) is 7.71. The predicted molar refractivity (Wildman–Crippen MR) is 89.6 cm³/mol. The zero-order valence-electron chi connectivity index (χ0n) is 12.5. The van der Waals surface area contributed by atoms with Gasteiger partial charge in [-0.25, -0.2) is 0 Å². The number of hydrogen-bond acceptors (Lipinski definition) is 3. The molecule has 5 heteroatoms. The molecule has 0 aliphatic heterocycles. The van der Waals surface area contributed by atoms with Crippen LogP contribution >= 0.6 is 15.9 Å². The van der Waals surface area contributed by atoms with Gasteiger partial charge in [-0.1, -0.05) is 15.9 Å². The van der Waals surface area contributed by atoms with Crippen LogP contribution in [0.1, 0.15) is 17.3 Å². The summed E-state index contributed by atoms with van der Waals surface area (Å²) >= 11 is 3.35. The fourth-order valence-electron chi connectivity index (χ4n) is 1.84. The number of nitrogens with one attached hydrogen (secondary N) is 1. The van der Waals surface area contributed by atoms with Gasteiger partial charge in [0.05, 0.1) is 13.2 Å². The van der Waals surface area contributed by atoms with Crippen LogP contribution in [-0.4, -0.2) is 25.7 Å². The lowest BCUT2D eigenvalue weighted by molar-refractivity contribution is 0.0926. The van der Waals surface area contributed by atoms with E-state index in [1.54, 1.807) is 19.2 Å². The van der Waals surface area contributed by atoms with Crippen molar-refractivity contribution in [2.24, 2.45) is 0 Å². The van der Waals surface area contributed by atoms with Crippen molar-refractivity contribution in [3.8, 4) is 11.5 Å². The number of carbonyl (C=O) groups is 1. The van der Waals surface area contributed by atoms with E-state index in [0.29, 0.717) is 12.2 Å². The minimum atomic E-state index is -0.113. The first-order chi connectivity index (χ1) is 10.6. The van der Waals surface area contributed by atoms with Gasteiger partial charge in [0.15, 0.2) is 0 Å². The Kier molecular flexibility index (Phi) is 5.83. The molecule has 0 heterocycles. The van der Waals surface area contributed by atoms with Crippen LogP contribution in [0.25, 0.3) is 0 Å². The fraction of sp³-hybridized carbons (Fsp3) is 0.235. The Morgan fingerprint density at radius 1 is 1.09 bits per heavy atom. The van der Waals surface area contributed by atoms with Crippen molar-refractivity contribution < 1.29 is 14.3 Å². The largest absolute Gasteiger partial charge is 0.497 e. The maximum atomic E-state index is 12.1. The molecule has 0 radical (unpaired) electrons. The first-order valence-electron chi connectivity index (χ1n) is 6.92. The molecule has 0 fully saturated rings. The molecule has 1 amide bonds. The summed E-state index contributed by atoms with van der Waals surface area (Å²) < 4.78 is 11.7. The molecule has 22 heavy (non-hydrogen) atoms. The second-order valence-corrected chi connectivity index (χ2v) is 5.78. The van der Waals surface area contributed by atoms with Crippen LogP contribution in [-0.2, 0) is 0 Å². The Hall–Kier alpha value is -2.01. The topological polar surface area (TPSA) is 47.6 Å². The van der Waals surface area contributed by atoms with Gasteiger partial charge in [-0.05, 0) is 55.5 Å². The van der Waals surface area contributed by atoms with Gasteiger partial charge >= 0.3 is 0 Å². The van der Waals surface area contributed by atoms with E-state index in [-0.39, 0.29) is 11.9 Å². The minimum absolute atomic E-state index is 0.0988. The van der Waals surface area contributed by atoms with Gasteiger partial charge in [0.25, 0.3) is 5.91 Å². The Labute approximate surface area is 138 Å². The average Bonchev–Trinajstić information content (AvgIpc) is 2.54. The minimum Gasteiger partial charge on any atom is -0.497 e. The maximum absolute atomic E-state index is 12.1. The molecule has 0 aliphatic rings. The number of rotatable bonds is 6. The summed E-state index contributed by atoms with van der Waals surface area (Å²) in [4.78, 5) is 12.1.